The van der Waals surface area contributed by atoms with Gasteiger partial charge in [0.05, 0.1) is 5.56 Å². The van der Waals surface area contributed by atoms with Crippen LogP contribution in [0.3, 0.4) is 0 Å². The molecule has 2 N–H and O–H groups in total. The Hall–Kier alpha value is -1.27. The molecule has 21 heavy (non-hydrogen) atoms. The molecule has 3 nitrogen and oxygen atoms in total. The third-order valence-electron chi connectivity index (χ3n) is 3.39. The summed E-state index contributed by atoms with van der Waals surface area (Å²) in [5.41, 5.74) is 5.77. The molecule has 0 bridgehead atoms. The predicted molar refractivity (Wildman–Crippen MR) is 80.4 cm³/mol. The largest absolute Gasteiger partial charge is 0.416 e. The van der Waals surface area contributed by atoms with E-state index in [1.54, 1.807) is 6.07 Å². The van der Waals surface area contributed by atoms with Crippen molar-refractivity contribution in [3.05, 3.63) is 29.3 Å². The maximum Gasteiger partial charge on any atom is 0.416 e. The molecule has 0 saturated heterocycles. The summed E-state index contributed by atoms with van der Waals surface area (Å²) in [6.45, 7) is 4.39. The summed E-state index contributed by atoms with van der Waals surface area (Å²) >= 11 is 0. The number of benzene rings is 1. The number of hydrogen-bond acceptors (Lipinski definition) is 3. The van der Waals surface area contributed by atoms with Gasteiger partial charge in [-0.15, -0.1) is 0 Å². The van der Waals surface area contributed by atoms with E-state index in [4.69, 9.17) is 5.73 Å². The van der Waals surface area contributed by atoms with Crippen molar-refractivity contribution in [1.29, 1.82) is 0 Å². The third-order valence-corrected chi connectivity index (χ3v) is 3.39. The van der Waals surface area contributed by atoms with Gasteiger partial charge in [-0.1, -0.05) is 0 Å². The van der Waals surface area contributed by atoms with Crippen LogP contribution in [0.5, 0.6) is 0 Å². The molecule has 1 aromatic carbocycles. The number of alkyl halides is 3. The Bertz CT molecular complexity index is 444. The Kier molecular flexibility index (Phi) is 6.48. The van der Waals surface area contributed by atoms with Crippen LogP contribution in [-0.4, -0.2) is 38.6 Å². The third kappa shape index (κ3) is 5.21. The highest BCUT2D eigenvalue weighted by atomic mass is 19.4. The first-order valence-corrected chi connectivity index (χ1v) is 7.09. The summed E-state index contributed by atoms with van der Waals surface area (Å²) in [4.78, 5) is 4.16. The molecule has 0 amide bonds. The van der Waals surface area contributed by atoms with E-state index in [1.165, 1.54) is 6.07 Å². The van der Waals surface area contributed by atoms with Crippen LogP contribution in [0.15, 0.2) is 18.2 Å². The molecule has 6 heteroatoms. The number of nitrogens with two attached hydrogens (primary N) is 1. The van der Waals surface area contributed by atoms with Gasteiger partial charge >= 0.3 is 6.18 Å². The molecule has 1 aromatic rings. The summed E-state index contributed by atoms with van der Waals surface area (Å²) in [6, 6.07) is 4.22. The molecule has 0 aliphatic heterocycles. The first kappa shape index (κ1) is 17.8. The second-order valence-corrected chi connectivity index (χ2v) is 5.28. The average molecular weight is 303 g/mol. The van der Waals surface area contributed by atoms with Gasteiger partial charge in [0, 0.05) is 25.3 Å². The Labute approximate surface area is 124 Å². The monoisotopic (exact) mass is 303 g/mol. The molecule has 0 fully saturated rings. The van der Waals surface area contributed by atoms with Gasteiger partial charge in [-0.2, -0.15) is 13.2 Å². The quantitative estimate of drug-likeness (QED) is 0.840. The van der Waals surface area contributed by atoms with Gasteiger partial charge in [0.2, 0.25) is 0 Å². The van der Waals surface area contributed by atoms with E-state index in [0.717, 1.165) is 37.8 Å². The minimum atomic E-state index is -4.35. The van der Waals surface area contributed by atoms with Crippen LogP contribution in [-0.2, 0) is 12.7 Å². The summed E-state index contributed by atoms with van der Waals surface area (Å²) in [6.07, 6.45) is -3.39. The van der Waals surface area contributed by atoms with Crippen molar-refractivity contribution in [2.75, 3.05) is 38.6 Å². The first-order chi connectivity index (χ1) is 9.79. The second kappa shape index (κ2) is 7.66. The van der Waals surface area contributed by atoms with Crippen molar-refractivity contribution >= 4 is 5.69 Å². The molecule has 1 rings (SSSR count). The van der Waals surface area contributed by atoms with Crippen molar-refractivity contribution in [1.82, 2.24) is 4.90 Å². The summed E-state index contributed by atoms with van der Waals surface area (Å²) in [5.74, 6) is 0. The van der Waals surface area contributed by atoms with E-state index in [1.807, 2.05) is 21.0 Å². The van der Waals surface area contributed by atoms with E-state index in [0.29, 0.717) is 0 Å². The van der Waals surface area contributed by atoms with Gasteiger partial charge in [0.15, 0.2) is 0 Å². The van der Waals surface area contributed by atoms with Gasteiger partial charge in [-0.05, 0) is 57.7 Å². The van der Waals surface area contributed by atoms with Crippen LogP contribution in [0.2, 0.25) is 0 Å². The normalized spacial score (nSPS) is 12.0. The predicted octanol–water partition coefficient (Wildman–Crippen LogP) is 2.94. The molecule has 0 atom stereocenters. The zero-order valence-electron chi connectivity index (χ0n) is 12.9. The minimum Gasteiger partial charge on any atom is -0.372 e. The van der Waals surface area contributed by atoms with E-state index in [2.05, 4.69) is 9.80 Å². The van der Waals surface area contributed by atoms with Crippen molar-refractivity contribution in [2.24, 2.45) is 5.73 Å². The SMILES string of the molecule is CCN(CCCN(C)C)c1ccc(C(F)(F)F)c(CN)c1. The fourth-order valence-electron chi connectivity index (χ4n) is 2.27. The van der Waals surface area contributed by atoms with Crippen molar-refractivity contribution in [3.8, 4) is 0 Å². The molecule has 0 saturated carbocycles. The van der Waals surface area contributed by atoms with Gasteiger partial charge in [-0.25, -0.2) is 0 Å². The fourth-order valence-corrected chi connectivity index (χ4v) is 2.27. The Morgan fingerprint density at radius 2 is 1.81 bits per heavy atom. The van der Waals surface area contributed by atoms with Crippen LogP contribution in [0.1, 0.15) is 24.5 Å². The van der Waals surface area contributed by atoms with Crippen LogP contribution in [0.25, 0.3) is 0 Å². The highest BCUT2D eigenvalue weighted by Gasteiger charge is 2.33. The lowest BCUT2D eigenvalue weighted by molar-refractivity contribution is -0.138. The first-order valence-electron chi connectivity index (χ1n) is 7.09. The van der Waals surface area contributed by atoms with Crippen molar-refractivity contribution in [3.63, 3.8) is 0 Å². The lowest BCUT2D eigenvalue weighted by Crippen LogP contribution is -2.27. The van der Waals surface area contributed by atoms with Crippen molar-refractivity contribution < 1.29 is 13.2 Å². The van der Waals surface area contributed by atoms with Gasteiger partial charge < -0.3 is 15.5 Å². The van der Waals surface area contributed by atoms with E-state index in [9.17, 15) is 13.2 Å². The molecule has 0 radical (unpaired) electrons. The molecule has 0 unspecified atom stereocenters. The number of anilines is 1. The zero-order chi connectivity index (χ0) is 16.0. The number of rotatable bonds is 7. The number of hydrogen-bond donors (Lipinski definition) is 1. The molecular formula is C15H24F3N3. The van der Waals surface area contributed by atoms with Crippen LogP contribution in [0.4, 0.5) is 18.9 Å². The molecular weight excluding hydrogens is 279 g/mol. The summed E-state index contributed by atoms with van der Waals surface area (Å²) in [5, 5.41) is 0. The van der Waals surface area contributed by atoms with Crippen LogP contribution < -0.4 is 10.6 Å². The maximum atomic E-state index is 12.9. The zero-order valence-corrected chi connectivity index (χ0v) is 12.9. The van der Waals surface area contributed by atoms with Gasteiger partial charge in [0.25, 0.3) is 0 Å². The van der Waals surface area contributed by atoms with E-state index >= 15 is 0 Å². The van der Waals surface area contributed by atoms with Crippen LogP contribution in [0, 0.1) is 0 Å². The average Bonchev–Trinajstić information content (AvgIpc) is 2.41. The molecule has 120 valence electrons. The minimum absolute atomic E-state index is 0.113. The topological polar surface area (TPSA) is 32.5 Å². The Balaban J connectivity index is 2.91. The lowest BCUT2D eigenvalue weighted by Gasteiger charge is -2.25. The summed E-state index contributed by atoms with van der Waals surface area (Å²) < 4.78 is 38.6. The van der Waals surface area contributed by atoms with Crippen LogP contribution >= 0.6 is 0 Å². The maximum absolute atomic E-state index is 12.9. The molecule has 0 aromatic heterocycles. The fraction of sp³-hybridized carbons (Fsp3) is 0.600. The highest BCUT2D eigenvalue weighted by Crippen LogP contribution is 2.33. The van der Waals surface area contributed by atoms with Crippen molar-refractivity contribution in [2.45, 2.75) is 26.1 Å². The molecule has 0 aliphatic rings. The highest BCUT2D eigenvalue weighted by molar-refractivity contribution is 5.51. The van der Waals surface area contributed by atoms with Gasteiger partial charge in [-0.3, -0.25) is 0 Å². The van der Waals surface area contributed by atoms with E-state index in [-0.39, 0.29) is 12.1 Å². The second-order valence-electron chi connectivity index (χ2n) is 5.28. The molecule has 0 spiro atoms. The van der Waals surface area contributed by atoms with E-state index < -0.39 is 11.7 Å². The smallest absolute Gasteiger partial charge is 0.372 e. The number of halogens is 3. The molecule has 0 aliphatic carbocycles. The van der Waals surface area contributed by atoms with Gasteiger partial charge in [0.1, 0.15) is 0 Å². The Morgan fingerprint density at radius 1 is 1.14 bits per heavy atom. The number of nitrogens with zero attached hydrogens (tertiary/aromatic N) is 2. The summed E-state index contributed by atoms with van der Waals surface area (Å²) in [7, 11) is 4.00. The Morgan fingerprint density at radius 3 is 2.29 bits per heavy atom. The lowest BCUT2D eigenvalue weighted by atomic mass is 10.1. The standard InChI is InChI=1S/C15H24F3N3/c1-4-21(9-5-8-20(2)3)13-6-7-14(15(16,17)18)12(10-13)11-19/h6-7,10H,4-5,8-9,11,19H2,1-3H3. The molecule has 0 heterocycles.